The molecule has 3 rings (SSSR count). The molecule has 0 aliphatic heterocycles. The molecule has 1 unspecified atom stereocenters. The number of nitrogens with zero attached hydrogens (tertiary/aromatic N) is 2. The van der Waals surface area contributed by atoms with Crippen LogP contribution in [0.15, 0.2) is 54.9 Å². The second kappa shape index (κ2) is 8.95. The number of ether oxygens (including phenoxy) is 2. The molecule has 0 bridgehead atoms. The summed E-state index contributed by atoms with van der Waals surface area (Å²) in [6, 6.07) is 10.8. The van der Waals surface area contributed by atoms with Gasteiger partial charge in [-0.3, -0.25) is 14.9 Å². The molecule has 3 aromatic rings. The standard InChI is InChI=1S/C23H24F3N3O4/c1-15(30)21(2,3)17-10-11-29-18(13-27-19(29)12-17)14-33-23(32-4,22(24,25)26)28-20(31)16-8-6-5-7-9-16/h5-13H,14H2,1-4H3,(H,28,31). The van der Waals surface area contributed by atoms with E-state index in [1.807, 2.05) is 5.32 Å². The predicted molar refractivity (Wildman–Crippen MR) is 113 cm³/mol. The first-order valence-electron chi connectivity index (χ1n) is 10.0. The highest BCUT2D eigenvalue weighted by Crippen LogP contribution is 2.34. The number of nitrogens with one attached hydrogen (secondary N) is 1. The van der Waals surface area contributed by atoms with Crippen molar-refractivity contribution in [1.82, 2.24) is 14.7 Å². The summed E-state index contributed by atoms with van der Waals surface area (Å²) < 4.78 is 53.1. The van der Waals surface area contributed by atoms with Crippen molar-refractivity contribution in [3.8, 4) is 0 Å². The number of rotatable bonds is 8. The van der Waals surface area contributed by atoms with Gasteiger partial charge < -0.3 is 13.9 Å². The van der Waals surface area contributed by atoms with E-state index in [4.69, 9.17) is 4.74 Å². The largest absolute Gasteiger partial charge is 0.465 e. The molecule has 0 aliphatic carbocycles. The number of carbonyl (C=O) groups is 2. The molecule has 0 saturated carbocycles. The smallest absolute Gasteiger partial charge is 0.329 e. The lowest BCUT2D eigenvalue weighted by atomic mass is 9.82. The number of hydrogen-bond donors (Lipinski definition) is 1. The SMILES string of the molecule is COC(NC(=O)c1ccccc1)(OCc1cnc2cc(C(C)(C)C(C)=O)ccn12)C(F)(F)F. The molecule has 0 saturated heterocycles. The molecule has 1 atom stereocenters. The van der Waals surface area contributed by atoms with Crippen LogP contribution in [0.25, 0.3) is 5.65 Å². The van der Waals surface area contributed by atoms with Crippen molar-refractivity contribution in [2.75, 3.05) is 7.11 Å². The Kier molecular flexibility index (Phi) is 6.62. The second-order valence-corrected chi connectivity index (χ2v) is 8.00. The van der Waals surface area contributed by atoms with Gasteiger partial charge in [-0.2, -0.15) is 13.2 Å². The molecule has 1 N–H and O–H groups in total. The van der Waals surface area contributed by atoms with E-state index in [-0.39, 0.29) is 17.0 Å². The van der Waals surface area contributed by atoms with Crippen LogP contribution in [0, 0.1) is 0 Å². The summed E-state index contributed by atoms with van der Waals surface area (Å²) in [5, 5.41) is 1.81. The molecule has 1 amide bonds. The Morgan fingerprint density at radius 1 is 1.12 bits per heavy atom. The number of amides is 1. The Bertz CT molecular complexity index is 1160. The van der Waals surface area contributed by atoms with E-state index < -0.39 is 30.0 Å². The van der Waals surface area contributed by atoms with Gasteiger partial charge in [0.1, 0.15) is 11.4 Å². The van der Waals surface area contributed by atoms with Gasteiger partial charge in [0.15, 0.2) is 0 Å². The van der Waals surface area contributed by atoms with E-state index in [0.29, 0.717) is 5.65 Å². The lowest BCUT2D eigenvalue weighted by molar-refractivity contribution is -0.386. The highest BCUT2D eigenvalue weighted by molar-refractivity contribution is 5.94. The zero-order valence-electron chi connectivity index (χ0n) is 18.6. The van der Waals surface area contributed by atoms with Gasteiger partial charge in [0.25, 0.3) is 5.91 Å². The van der Waals surface area contributed by atoms with E-state index in [0.717, 1.165) is 12.7 Å². The minimum Gasteiger partial charge on any atom is -0.329 e. The Morgan fingerprint density at radius 3 is 2.36 bits per heavy atom. The van der Waals surface area contributed by atoms with E-state index in [9.17, 15) is 22.8 Å². The Hall–Kier alpha value is -3.24. The number of alkyl halides is 3. The Balaban J connectivity index is 1.87. The van der Waals surface area contributed by atoms with E-state index in [2.05, 4.69) is 9.72 Å². The maximum Gasteiger partial charge on any atom is 0.465 e. The molecule has 0 spiro atoms. The summed E-state index contributed by atoms with van der Waals surface area (Å²) in [5.74, 6) is -4.42. The van der Waals surface area contributed by atoms with Crippen molar-refractivity contribution in [2.45, 2.75) is 44.9 Å². The van der Waals surface area contributed by atoms with Gasteiger partial charge in [0.2, 0.25) is 0 Å². The number of ketones is 1. The molecule has 2 heterocycles. The van der Waals surface area contributed by atoms with Crippen LogP contribution in [0.3, 0.4) is 0 Å². The molecule has 176 valence electrons. The average molecular weight is 463 g/mol. The van der Waals surface area contributed by atoms with Crippen LogP contribution in [0.2, 0.25) is 0 Å². The third-order valence-corrected chi connectivity index (χ3v) is 5.59. The van der Waals surface area contributed by atoms with Crippen LogP contribution in [0.1, 0.15) is 42.4 Å². The number of benzene rings is 1. The van der Waals surface area contributed by atoms with Crippen LogP contribution >= 0.6 is 0 Å². The monoisotopic (exact) mass is 463 g/mol. The maximum absolute atomic E-state index is 13.9. The number of halogens is 3. The molecular formula is C23H24F3N3O4. The Labute approximate surface area is 188 Å². The van der Waals surface area contributed by atoms with E-state index in [1.165, 1.54) is 41.8 Å². The zero-order chi connectivity index (χ0) is 24.4. The molecule has 0 fully saturated rings. The molecule has 0 radical (unpaired) electrons. The van der Waals surface area contributed by atoms with Gasteiger partial charge in [0, 0.05) is 24.3 Å². The zero-order valence-corrected chi connectivity index (χ0v) is 18.6. The van der Waals surface area contributed by atoms with E-state index >= 15 is 0 Å². The number of pyridine rings is 1. The fourth-order valence-electron chi connectivity index (χ4n) is 3.13. The summed E-state index contributed by atoms with van der Waals surface area (Å²) >= 11 is 0. The van der Waals surface area contributed by atoms with Crippen LogP contribution in [-0.2, 0) is 26.3 Å². The van der Waals surface area contributed by atoms with Gasteiger partial charge in [-0.05, 0) is 50.6 Å². The van der Waals surface area contributed by atoms with Gasteiger partial charge in [0.05, 0.1) is 18.5 Å². The summed E-state index contributed by atoms with van der Waals surface area (Å²) in [6.45, 7) is 4.47. The molecule has 1 aromatic carbocycles. The fraction of sp³-hybridized carbons (Fsp3) is 0.348. The second-order valence-electron chi connectivity index (χ2n) is 8.00. The normalized spacial score (nSPS) is 14.2. The number of imidazole rings is 1. The molecule has 0 aliphatic rings. The van der Waals surface area contributed by atoms with Crippen LogP contribution < -0.4 is 5.32 Å². The molecular weight excluding hydrogens is 439 g/mol. The number of hydrogen-bond acceptors (Lipinski definition) is 5. The fourth-order valence-corrected chi connectivity index (χ4v) is 3.13. The lowest BCUT2D eigenvalue weighted by Crippen LogP contribution is -2.62. The topological polar surface area (TPSA) is 81.9 Å². The van der Waals surface area contributed by atoms with Crippen LogP contribution in [-0.4, -0.2) is 40.3 Å². The van der Waals surface area contributed by atoms with Crippen molar-refractivity contribution in [1.29, 1.82) is 0 Å². The van der Waals surface area contributed by atoms with Crippen molar-refractivity contribution in [3.63, 3.8) is 0 Å². The van der Waals surface area contributed by atoms with Crippen molar-refractivity contribution in [2.24, 2.45) is 0 Å². The van der Waals surface area contributed by atoms with Crippen molar-refractivity contribution in [3.05, 3.63) is 71.7 Å². The maximum atomic E-state index is 13.9. The van der Waals surface area contributed by atoms with Crippen LogP contribution in [0.4, 0.5) is 13.2 Å². The summed E-state index contributed by atoms with van der Waals surface area (Å²) in [6.07, 6.45) is -2.12. The van der Waals surface area contributed by atoms with Gasteiger partial charge in [-0.15, -0.1) is 0 Å². The van der Waals surface area contributed by atoms with Crippen molar-refractivity contribution >= 4 is 17.3 Å². The third-order valence-electron chi connectivity index (χ3n) is 5.59. The first-order chi connectivity index (χ1) is 15.4. The van der Waals surface area contributed by atoms with Gasteiger partial charge in [-0.25, -0.2) is 4.98 Å². The first kappa shape index (κ1) is 24.4. The summed E-state index contributed by atoms with van der Waals surface area (Å²) in [7, 11) is 0.795. The number of aromatic nitrogens is 2. The number of fused-ring (bicyclic) bond motifs is 1. The lowest BCUT2D eigenvalue weighted by Gasteiger charge is -2.34. The predicted octanol–water partition coefficient (Wildman–Crippen LogP) is 4.01. The highest BCUT2D eigenvalue weighted by atomic mass is 19.4. The van der Waals surface area contributed by atoms with E-state index in [1.54, 1.807) is 38.2 Å². The highest BCUT2D eigenvalue weighted by Gasteiger charge is 2.59. The molecule has 10 heteroatoms. The van der Waals surface area contributed by atoms with Gasteiger partial charge in [-0.1, -0.05) is 18.2 Å². The van der Waals surface area contributed by atoms with Crippen LogP contribution in [0.5, 0.6) is 0 Å². The minimum atomic E-state index is -5.08. The number of methoxy groups -OCH3 is 1. The first-order valence-corrected chi connectivity index (χ1v) is 10.0. The summed E-state index contributed by atoms with van der Waals surface area (Å²) in [5.41, 5.74) is 0.716. The van der Waals surface area contributed by atoms with Gasteiger partial charge >= 0.3 is 12.1 Å². The quantitative estimate of drug-likeness (QED) is 0.511. The molecule has 33 heavy (non-hydrogen) atoms. The molecule has 2 aromatic heterocycles. The Morgan fingerprint density at radius 2 is 1.79 bits per heavy atom. The summed E-state index contributed by atoms with van der Waals surface area (Å²) in [4.78, 5) is 28.6. The molecule has 7 nitrogen and oxygen atoms in total. The number of carbonyl (C=O) groups excluding carboxylic acids is 2. The third kappa shape index (κ3) is 4.76. The average Bonchev–Trinajstić information content (AvgIpc) is 3.18. The minimum absolute atomic E-state index is 0.0159. The number of Topliss-reactive ketones (excluding diaryl/α,β-unsaturated/α-hetero) is 1. The van der Waals surface area contributed by atoms with Crippen molar-refractivity contribution < 1.29 is 32.2 Å².